The number of nitrogens with one attached hydrogen (secondary N) is 1. The Bertz CT molecular complexity index is 796. The monoisotopic (exact) mass is 368 g/mol. The molecular formula is C15H18N3O4S2+. The number of sulfonamides is 1. The second kappa shape index (κ2) is 6.98. The van der Waals surface area contributed by atoms with Crippen LogP contribution >= 0.6 is 11.3 Å². The Labute approximate surface area is 144 Å². The largest absolute Gasteiger partial charge is 0.329 e. The number of rotatable bonds is 5. The summed E-state index contributed by atoms with van der Waals surface area (Å²) < 4.78 is 26.9. The quantitative estimate of drug-likeness (QED) is 0.623. The van der Waals surface area contributed by atoms with Crippen molar-refractivity contribution in [3.8, 4) is 0 Å². The molecule has 3 rings (SSSR count). The van der Waals surface area contributed by atoms with Crippen molar-refractivity contribution in [1.82, 2.24) is 4.31 Å². The SMILES string of the molecule is O=[N+]([O-])c1ccc(C[NH+]2CCN(S(=O)(=O)c3cccs3)CC2)cc1. The molecule has 0 radical (unpaired) electrons. The lowest BCUT2D eigenvalue weighted by atomic mass is 10.2. The maximum absolute atomic E-state index is 12.5. The van der Waals surface area contributed by atoms with E-state index < -0.39 is 14.9 Å². The maximum Gasteiger partial charge on any atom is 0.269 e. The molecule has 0 aliphatic carbocycles. The molecule has 1 saturated heterocycles. The number of benzene rings is 1. The highest BCUT2D eigenvalue weighted by Crippen LogP contribution is 2.20. The van der Waals surface area contributed by atoms with Gasteiger partial charge in [0.25, 0.3) is 15.7 Å². The van der Waals surface area contributed by atoms with Gasteiger partial charge in [-0.05, 0) is 23.6 Å². The van der Waals surface area contributed by atoms with Crippen molar-refractivity contribution in [2.75, 3.05) is 26.2 Å². The molecule has 1 aliphatic rings. The minimum atomic E-state index is -3.37. The minimum absolute atomic E-state index is 0.0839. The Kier molecular flexibility index (Phi) is 4.95. The van der Waals surface area contributed by atoms with Crippen LogP contribution < -0.4 is 4.90 Å². The normalized spacial score (nSPS) is 17.0. The predicted molar refractivity (Wildman–Crippen MR) is 90.6 cm³/mol. The van der Waals surface area contributed by atoms with Crippen molar-refractivity contribution >= 4 is 27.0 Å². The van der Waals surface area contributed by atoms with Gasteiger partial charge >= 0.3 is 0 Å². The first-order valence-electron chi connectivity index (χ1n) is 7.57. The van der Waals surface area contributed by atoms with Gasteiger partial charge in [0.05, 0.1) is 31.1 Å². The summed E-state index contributed by atoms with van der Waals surface area (Å²) in [6.07, 6.45) is 0. The van der Waals surface area contributed by atoms with Crippen molar-refractivity contribution in [3.63, 3.8) is 0 Å². The summed E-state index contributed by atoms with van der Waals surface area (Å²) in [7, 11) is -3.37. The second-order valence-corrected chi connectivity index (χ2v) is 8.80. The summed E-state index contributed by atoms with van der Waals surface area (Å²) in [6, 6.07) is 9.92. The van der Waals surface area contributed by atoms with E-state index >= 15 is 0 Å². The summed E-state index contributed by atoms with van der Waals surface area (Å²) in [6.45, 7) is 3.17. The van der Waals surface area contributed by atoms with Gasteiger partial charge < -0.3 is 4.90 Å². The molecule has 2 heterocycles. The minimum Gasteiger partial charge on any atom is -0.329 e. The van der Waals surface area contributed by atoms with E-state index in [4.69, 9.17) is 0 Å². The lowest BCUT2D eigenvalue weighted by Crippen LogP contribution is -3.13. The van der Waals surface area contributed by atoms with E-state index in [1.54, 1.807) is 29.6 Å². The van der Waals surface area contributed by atoms with E-state index in [1.807, 2.05) is 0 Å². The highest BCUT2D eigenvalue weighted by molar-refractivity contribution is 7.91. The van der Waals surface area contributed by atoms with Crippen LogP contribution in [-0.4, -0.2) is 43.8 Å². The van der Waals surface area contributed by atoms with E-state index in [2.05, 4.69) is 0 Å². The van der Waals surface area contributed by atoms with Crippen LogP contribution in [0.4, 0.5) is 5.69 Å². The highest BCUT2D eigenvalue weighted by atomic mass is 32.2. The van der Waals surface area contributed by atoms with E-state index in [1.165, 1.54) is 32.7 Å². The molecule has 1 fully saturated rings. The van der Waals surface area contributed by atoms with Gasteiger partial charge in [-0.15, -0.1) is 11.3 Å². The molecule has 7 nitrogen and oxygen atoms in total. The van der Waals surface area contributed by atoms with Gasteiger partial charge in [-0.3, -0.25) is 10.1 Å². The molecule has 0 atom stereocenters. The summed E-state index contributed by atoms with van der Waals surface area (Å²) in [4.78, 5) is 11.5. The number of thiophene rings is 1. The molecule has 24 heavy (non-hydrogen) atoms. The van der Waals surface area contributed by atoms with Gasteiger partial charge in [-0.1, -0.05) is 6.07 Å². The van der Waals surface area contributed by atoms with Gasteiger partial charge in [0, 0.05) is 17.7 Å². The molecule has 0 unspecified atom stereocenters. The number of quaternary nitrogens is 1. The summed E-state index contributed by atoms with van der Waals surface area (Å²) in [5.41, 5.74) is 1.10. The number of non-ortho nitro benzene ring substituents is 1. The average molecular weight is 368 g/mol. The van der Waals surface area contributed by atoms with Crippen molar-refractivity contribution in [3.05, 3.63) is 57.5 Å². The van der Waals surface area contributed by atoms with Crippen LogP contribution in [0.25, 0.3) is 0 Å². The first-order valence-corrected chi connectivity index (χ1v) is 9.89. The molecule has 0 bridgehead atoms. The van der Waals surface area contributed by atoms with Crippen LogP contribution in [0.3, 0.4) is 0 Å². The van der Waals surface area contributed by atoms with E-state index in [0.717, 1.165) is 25.2 Å². The van der Waals surface area contributed by atoms with Gasteiger partial charge in [0.1, 0.15) is 10.8 Å². The molecule has 2 aromatic rings. The molecule has 9 heteroatoms. The maximum atomic E-state index is 12.5. The van der Waals surface area contributed by atoms with Crippen LogP contribution in [0.5, 0.6) is 0 Å². The third kappa shape index (κ3) is 3.64. The van der Waals surface area contributed by atoms with Crippen LogP contribution in [0.15, 0.2) is 46.0 Å². The number of nitro groups is 1. The Morgan fingerprint density at radius 3 is 2.38 bits per heavy atom. The molecule has 1 aromatic heterocycles. The topological polar surface area (TPSA) is 85.0 Å². The van der Waals surface area contributed by atoms with Gasteiger partial charge in [-0.25, -0.2) is 8.42 Å². The lowest BCUT2D eigenvalue weighted by Gasteiger charge is -2.31. The van der Waals surface area contributed by atoms with Crippen molar-refractivity contribution in [2.45, 2.75) is 10.8 Å². The van der Waals surface area contributed by atoms with E-state index in [9.17, 15) is 18.5 Å². The first kappa shape index (κ1) is 17.0. The molecule has 1 aromatic carbocycles. The van der Waals surface area contributed by atoms with Crippen LogP contribution in [-0.2, 0) is 16.6 Å². The smallest absolute Gasteiger partial charge is 0.269 e. The van der Waals surface area contributed by atoms with Crippen molar-refractivity contribution in [1.29, 1.82) is 0 Å². The summed E-state index contributed by atoms with van der Waals surface area (Å²) in [5.74, 6) is 0. The van der Waals surface area contributed by atoms with Gasteiger partial charge in [0.15, 0.2) is 0 Å². The standard InChI is InChI=1S/C15H17N3O4S2/c19-18(20)14-5-3-13(4-6-14)12-16-7-9-17(10-8-16)24(21,22)15-2-1-11-23-15/h1-6,11H,7-10,12H2/p+1. The number of hydrogen-bond donors (Lipinski definition) is 1. The molecule has 0 saturated carbocycles. The van der Waals surface area contributed by atoms with Gasteiger partial charge in [0.2, 0.25) is 0 Å². The fourth-order valence-corrected chi connectivity index (χ4v) is 5.37. The third-order valence-corrected chi connectivity index (χ3v) is 7.39. The molecule has 128 valence electrons. The summed E-state index contributed by atoms with van der Waals surface area (Å²) in [5, 5.41) is 12.4. The molecule has 1 N–H and O–H groups in total. The van der Waals surface area contributed by atoms with E-state index in [0.29, 0.717) is 17.3 Å². The molecule has 0 spiro atoms. The number of nitro benzene ring substituents is 1. The highest BCUT2D eigenvalue weighted by Gasteiger charge is 2.30. The summed E-state index contributed by atoms with van der Waals surface area (Å²) >= 11 is 1.24. The Balaban J connectivity index is 1.58. The number of nitrogens with zero attached hydrogens (tertiary/aromatic N) is 2. The number of hydrogen-bond acceptors (Lipinski definition) is 5. The van der Waals surface area contributed by atoms with Crippen LogP contribution in [0.1, 0.15) is 5.56 Å². The number of piperazine rings is 1. The fourth-order valence-electron chi connectivity index (χ4n) is 2.78. The second-order valence-electron chi connectivity index (χ2n) is 5.69. The molecular weight excluding hydrogens is 350 g/mol. The van der Waals surface area contributed by atoms with Crippen molar-refractivity contribution < 1.29 is 18.2 Å². The molecule has 0 amide bonds. The lowest BCUT2D eigenvalue weighted by molar-refractivity contribution is -0.917. The zero-order chi connectivity index (χ0) is 17.2. The average Bonchev–Trinajstić information content (AvgIpc) is 3.11. The van der Waals surface area contributed by atoms with E-state index in [-0.39, 0.29) is 5.69 Å². The van der Waals surface area contributed by atoms with Crippen LogP contribution in [0.2, 0.25) is 0 Å². The Morgan fingerprint density at radius 2 is 1.83 bits per heavy atom. The fraction of sp³-hybridized carbons (Fsp3) is 0.333. The Morgan fingerprint density at radius 1 is 1.17 bits per heavy atom. The third-order valence-electron chi connectivity index (χ3n) is 4.12. The molecule has 1 aliphatic heterocycles. The zero-order valence-electron chi connectivity index (χ0n) is 12.9. The van der Waals surface area contributed by atoms with Gasteiger partial charge in [-0.2, -0.15) is 4.31 Å². The first-order chi connectivity index (χ1) is 11.5. The predicted octanol–water partition coefficient (Wildman–Crippen LogP) is 0.746. The van der Waals surface area contributed by atoms with Crippen LogP contribution in [0, 0.1) is 10.1 Å². The van der Waals surface area contributed by atoms with Crippen molar-refractivity contribution in [2.24, 2.45) is 0 Å². The zero-order valence-corrected chi connectivity index (χ0v) is 14.6. The Hall–Kier alpha value is -1.81.